The number of nitrogens with two attached hydrogens (primary N) is 2. The van der Waals surface area contributed by atoms with Gasteiger partial charge < -0.3 is 31.3 Å². The molecule has 1 fully saturated rings. The van der Waals surface area contributed by atoms with E-state index in [1.165, 1.54) is 0 Å². The van der Waals surface area contributed by atoms with Crippen LogP contribution in [0.15, 0.2) is 65.8 Å². The Hall–Kier alpha value is -4.04. The Morgan fingerprint density at radius 2 is 1.75 bits per heavy atom. The van der Waals surface area contributed by atoms with Gasteiger partial charge in [0.05, 0.1) is 7.11 Å². The minimum absolute atomic E-state index is 0.0221. The van der Waals surface area contributed by atoms with Crippen LogP contribution in [0.3, 0.4) is 0 Å². The Morgan fingerprint density at radius 1 is 1.03 bits per heavy atom. The molecule has 36 heavy (non-hydrogen) atoms. The molecule has 1 amide bonds. The topological polar surface area (TPSA) is 128 Å². The lowest BCUT2D eigenvalue weighted by Gasteiger charge is -2.27. The lowest BCUT2D eigenvalue weighted by molar-refractivity contribution is 0.0917. The van der Waals surface area contributed by atoms with Crippen molar-refractivity contribution >= 4 is 33.4 Å². The van der Waals surface area contributed by atoms with E-state index in [-0.39, 0.29) is 23.8 Å². The summed E-state index contributed by atoms with van der Waals surface area (Å²) in [6, 6.07) is 20.0. The van der Waals surface area contributed by atoms with Crippen LogP contribution in [0, 0.1) is 0 Å². The monoisotopic (exact) mass is 485 g/mol. The molecule has 186 valence electrons. The van der Waals surface area contributed by atoms with E-state index in [2.05, 4.69) is 28.7 Å². The summed E-state index contributed by atoms with van der Waals surface area (Å²) >= 11 is 0. The quantitative estimate of drug-likeness (QED) is 0.142. The zero-order valence-corrected chi connectivity index (χ0v) is 20.3. The van der Waals surface area contributed by atoms with Gasteiger partial charge in [0.15, 0.2) is 5.84 Å². The molecule has 1 aliphatic carbocycles. The van der Waals surface area contributed by atoms with Gasteiger partial charge in [-0.15, -0.1) is 0 Å². The molecule has 6 N–H and O–H groups in total. The van der Waals surface area contributed by atoms with Gasteiger partial charge in [0, 0.05) is 35.1 Å². The van der Waals surface area contributed by atoms with Crippen molar-refractivity contribution in [2.75, 3.05) is 7.11 Å². The molecule has 0 aliphatic heterocycles. The third kappa shape index (κ3) is 4.72. The molecule has 0 saturated heterocycles. The van der Waals surface area contributed by atoms with Crippen LogP contribution >= 0.6 is 0 Å². The molecule has 8 heteroatoms. The average molecular weight is 486 g/mol. The molecule has 1 aromatic heterocycles. The van der Waals surface area contributed by atoms with E-state index >= 15 is 0 Å². The smallest absolute Gasteiger partial charge is 0.268 e. The summed E-state index contributed by atoms with van der Waals surface area (Å²) in [7, 11) is 1.66. The van der Waals surface area contributed by atoms with Crippen LogP contribution in [0.4, 0.5) is 0 Å². The fourth-order valence-corrected chi connectivity index (χ4v) is 5.03. The second kappa shape index (κ2) is 9.91. The number of nitrogens with one attached hydrogen (secondary N) is 1. The molecule has 3 aromatic carbocycles. The summed E-state index contributed by atoms with van der Waals surface area (Å²) in [5, 5.41) is 18.6. The number of carbonyl (C=O) groups is 1. The van der Waals surface area contributed by atoms with Gasteiger partial charge in [-0.05, 0) is 72.4 Å². The lowest BCUT2D eigenvalue weighted by Crippen LogP contribution is -2.41. The van der Waals surface area contributed by atoms with Crippen molar-refractivity contribution in [1.29, 1.82) is 0 Å². The molecule has 0 bridgehead atoms. The number of hydrogen-bond acceptors (Lipinski definition) is 5. The number of nitrogens with zero attached hydrogens (tertiary/aromatic N) is 2. The van der Waals surface area contributed by atoms with Crippen LogP contribution in [0.25, 0.3) is 21.7 Å². The minimum atomic E-state index is -0.109. The van der Waals surface area contributed by atoms with Gasteiger partial charge in [0.25, 0.3) is 5.91 Å². The minimum Gasteiger partial charge on any atom is -0.497 e. The van der Waals surface area contributed by atoms with Crippen molar-refractivity contribution in [2.45, 2.75) is 44.3 Å². The molecule has 0 unspecified atom stereocenters. The van der Waals surface area contributed by atoms with Crippen LogP contribution < -0.4 is 21.5 Å². The molecular formula is C28H31N5O3. The zero-order valence-electron chi connectivity index (χ0n) is 20.3. The highest BCUT2D eigenvalue weighted by Crippen LogP contribution is 2.27. The van der Waals surface area contributed by atoms with E-state index in [1.807, 2.05) is 41.0 Å². The van der Waals surface area contributed by atoms with E-state index in [0.29, 0.717) is 17.8 Å². The van der Waals surface area contributed by atoms with E-state index < -0.39 is 0 Å². The van der Waals surface area contributed by atoms with Crippen molar-refractivity contribution < 1.29 is 14.7 Å². The van der Waals surface area contributed by atoms with Crippen LogP contribution in [-0.4, -0.2) is 40.7 Å². The number of amides is 1. The summed E-state index contributed by atoms with van der Waals surface area (Å²) in [5.74, 6) is 0.723. The molecule has 1 aliphatic rings. The number of ether oxygens (including phenoxy) is 1. The normalized spacial score (nSPS) is 18.4. The fraction of sp³-hybridized carbons (Fsp3) is 0.286. The van der Waals surface area contributed by atoms with E-state index in [1.54, 1.807) is 13.2 Å². The van der Waals surface area contributed by atoms with Gasteiger partial charge in [-0.2, -0.15) is 0 Å². The second-order valence-corrected chi connectivity index (χ2v) is 9.51. The molecule has 0 atom stereocenters. The number of aromatic nitrogens is 1. The van der Waals surface area contributed by atoms with Gasteiger partial charge >= 0.3 is 0 Å². The largest absolute Gasteiger partial charge is 0.497 e. The van der Waals surface area contributed by atoms with Gasteiger partial charge in [-0.3, -0.25) is 4.79 Å². The Balaban J connectivity index is 1.53. The van der Waals surface area contributed by atoms with Gasteiger partial charge in [-0.1, -0.05) is 35.5 Å². The summed E-state index contributed by atoms with van der Waals surface area (Å²) < 4.78 is 7.34. The highest BCUT2D eigenvalue weighted by atomic mass is 16.5. The molecule has 5 rings (SSSR count). The molecule has 1 saturated carbocycles. The molecule has 4 aromatic rings. The molecule has 0 spiro atoms. The van der Waals surface area contributed by atoms with Crippen LogP contribution in [0.5, 0.6) is 5.75 Å². The third-order valence-corrected chi connectivity index (χ3v) is 7.10. The number of oxime groups is 1. The Labute approximate surface area is 209 Å². The Kier molecular flexibility index (Phi) is 6.52. The fourth-order valence-electron chi connectivity index (χ4n) is 5.03. The van der Waals surface area contributed by atoms with E-state index in [0.717, 1.165) is 58.7 Å². The molecule has 1 heterocycles. The summed E-state index contributed by atoms with van der Waals surface area (Å²) in [4.78, 5) is 13.5. The van der Waals surface area contributed by atoms with Crippen molar-refractivity contribution in [1.82, 2.24) is 9.88 Å². The second-order valence-electron chi connectivity index (χ2n) is 9.51. The number of methoxy groups -OCH3 is 1. The average Bonchev–Trinajstić information content (AvgIpc) is 3.26. The number of rotatable bonds is 6. The molecule has 0 radical (unpaired) electrons. The van der Waals surface area contributed by atoms with Crippen LogP contribution in [0.2, 0.25) is 0 Å². The maximum absolute atomic E-state index is 13.5. The van der Waals surface area contributed by atoms with Gasteiger partial charge in [0.2, 0.25) is 0 Å². The van der Waals surface area contributed by atoms with Gasteiger partial charge in [-0.25, -0.2) is 0 Å². The predicted octanol–water partition coefficient (Wildman–Crippen LogP) is 3.95. The van der Waals surface area contributed by atoms with Crippen molar-refractivity contribution in [2.24, 2.45) is 16.6 Å². The number of fused-ring (bicyclic) bond motifs is 2. The van der Waals surface area contributed by atoms with Crippen LogP contribution in [0.1, 0.15) is 47.3 Å². The maximum atomic E-state index is 13.5. The predicted molar refractivity (Wildman–Crippen MR) is 142 cm³/mol. The Morgan fingerprint density at radius 3 is 2.50 bits per heavy atom. The first-order valence-electron chi connectivity index (χ1n) is 12.2. The maximum Gasteiger partial charge on any atom is 0.268 e. The number of carbonyl (C=O) groups excluding carboxylic acids is 1. The molecular weight excluding hydrogens is 454 g/mol. The lowest BCUT2D eigenvalue weighted by atomic mass is 9.92. The summed E-state index contributed by atoms with van der Waals surface area (Å²) in [5.41, 5.74) is 15.0. The third-order valence-electron chi connectivity index (χ3n) is 7.10. The van der Waals surface area contributed by atoms with Crippen LogP contribution in [-0.2, 0) is 6.54 Å². The first-order valence-corrected chi connectivity index (χ1v) is 12.2. The first-order chi connectivity index (χ1) is 17.4. The number of benzene rings is 3. The number of hydrogen-bond donors (Lipinski definition) is 4. The first kappa shape index (κ1) is 23.7. The zero-order chi connectivity index (χ0) is 25.2. The highest BCUT2D eigenvalue weighted by Gasteiger charge is 2.23. The van der Waals surface area contributed by atoms with Crippen molar-refractivity contribution in [3.05, 3.63) is 77.5 Å². The van der Waals surface area contributed by atoms with E-state index in [4.69, 9.17) is 16.2 Å². The summed E-state index contributed by atoms with van der Waals surface area (Å²) in [6.45, 7) is 0.489. The van der Waals surface area contributed by atoms with Gasteiger partial charge in [0.1, 0.15) is 11.4 Å². The SMILES string of the molecule is COc1ccc2cc(Cn3c(C(=O)NC4CCC(N)CC4)cc4ccc(/C(N)=N\O)cc43)ccc2c1. The summed E-state index contributed by atoms with van der Waals surface area (Å²) in [6.07, 6.45) is 3.60. The van der Waals surface area contributed by atoms with Crippen molar-refractivity contribution in [3.8, 4) is 5.75 Å². The van der Waals surface area contributed by atoms with E-state index in [9.17, 15) is 10.0 Å². The standard InChI is InChI=1S/C28H31N5O3/c1-36-24-11-6-18-12-17(2-3-19(18)13-24)16-33-25-15-21(27(30)32-35)5-4-20(25)14-26(33)28(34)31-23-9-7-22(29)8-10-23/h2-6,11-15,22-23,35H,7-10,16,29H2,1H3,(H2,30,32)(H,31,34). The number of amidine groups is 1. The highest BCUT2D eigenvalue weighted by molar-refractivity contribution is 6.03. The van der Waals surface area contributed by atoms with Crippen molar-refractivity contribution in [3.63, 3.8) is 0 Å². The Bertz CT molecular complexity index is 1450. The molecule has 8 nitrogen and oxygen atoms in total.